The maximum Gasteiger partial charge on any atom is 0.323 e. The second kappa shape index (κ2) is 13.5. The van der Waals surface area contributed by atoms with Crippen LogP contribution in [0.1, 0.15) is 60.3 Å². The van der Waals surface area contributed by atoms with Crippen LogP contribution >= 0.6 is 0 Å². The first kappa shape index (κ1) is 30.0. The lowest BCUT2D eigenvalue weighted by Gasteiger charge is -2.26. The number of aryl methyl sites for hydroxylation is 1. The molecule has 0 aliphatic heterocycles. The van der Waals surface area contributed by atoms with E-state index in [9.17, 15) is 24.3 Å². The van der Waals surface area contributed by atoms with Crippen LogP contribution in [0, 0.1) is 6.92 Å². The standard InChI is InChI=1S/C29H36N4O7/c1-5-6-10-19(27-23(39-3)12-17(2)13-24(27)40-4)31-28(37)20(15-25(30)34)32-29(38)22-14-18-9-7-8-11-21(18)33(22)16-26(35)36/h7-9,11-14,19-20H,5-6,10,15-16H2,1-4H3,(H2,30,34)(H,31,37)(H,32,38)(H,35,36). The summed E-state index contributed by atoms with van der Waals surface area (Å²) < 4.78 is 12.6. The number of carbonyl (C=O) groups excluding carboxylic acids is 3. The number of methoxy groups -OCH3 is 2. The van der Waals surface area contributed by atoms with Gasteiger partial charge >= 0.3 is 5.97 Å². The van der Waals surface area contributed by atoms with Crippen molar-refractivity contribution in [2.75, 3.05) is 14.2 Å². The van der Waals surface area contributed by atoms with E-state index < -0.39 is 48.7 Å². The third-order valence-electron chi connectivity index (χ3n) is 6.56. The average Bonchev–Trinajstić information content (AvgIpc) is 3.27. The number of unbranched alkanes of at least 4 members (excludes halogenated alkanes) is 1. The number of nitrogens with two attached hydrogens (primary N) is 1. The van der Waals surface area contributed by atoms with Gasteiger partial charge in [0.15, 0.2) is 0 Å². The maximum atomic E-state index is 13.6. The Labute approximate surface area is 232 Å². The highest BCUT2D eigenvalue weighted by atomic mass is 16.5. The van der Waals surface area contributed by atoms with E-state index in [0.717, 1.165) is 18.4 Å². The number of ether oxygens (including phenoxy) is 2. The highest BCUT2D eigenvalue weighted by Crippen LogP contribution is 2.37. The van der Waals surface area contributed by atoms with Crippen molar-refractivity contribution in [3.63, 3.8) is 0 Å². The molecule has 0 spiro atoms. The number of para-hydroxylation sites is 1. The molecule has 0 radical (unpaired) electrons. The van der Waals surface area contributed by atoms with Crippen LogP contribution in [0.25, 0.3) is 10.9 Å². The Morgan fingerprint density at radius 2 is 1.68 bits per heavy atom. The normalized spacial score (nSPS) is 12.4. The summed E-state index contributed by atoms with van der Waals surface area (Å²) in [5.41, 5.74) is 7.57. The molecule has 3 aromatic rings. The van der Waals surface area contributed by atoms with Crippen LogP contribution in [0.15, 0.2) is 42.5 Å². The number of primary amides is 1. The van der Waals surface area contributed by atoms with Crippen LogP contribution in [0.2, 0.25) is 0 Å². The van der Waals surface area contributed by atoms with Gasteiger partial charge in [0.2, 0.25) is 11.8 Å². The number of carboxylic acid groups (broad SMARTS) is 1. The van der Waals surface area contributed by atoms with Gasteiger partial charge in [-0.1, -0.05) is 38.0 Å². The molecule has 0 aliphatic rings. The van der Waals surface area contributed by atoms with Gasteiger partial charge in [0, 0.05) is 10.9 Å². The molecule has 40 heavy (non-hydrogen) atoms. The minimum Gasteiger partial charge on any atom is -0.496 e. The first-order chi connectivity index (χ1) is 19.1. The number of nitrogens with zero attached hydrogens (tertiary/aromatic N) is 1. The van der Waals surface area contributed by atoms with Gasteiger partial charge < -0.3 is 35.5 Å². The molecule has 3 amide bonds. The number of nitrogens with one attached hydrogen (secondary N) is 2. The van der Waals surface area contributed by atoms with Crippen molar-refractivity contribution in [3.05, 3.63) is 59.3 Å². The van der Waals surface area contributed by atoms with Crippen molar-refractivity contribution < 1.29 is 33.8 Å². The fourth-order valence-corrected chi connectivity index (χ4v) is 4.73. The Morgan fingerprint density at radius 3 is 2.25 bits per heavy atom. The molecule has 2 unspecified atom stereocenters. The Hall–Kier alpha value is -4.54. The van der Waals surface area contributed by atoms with Crippen LogP contribution < -0.4 is 25.8 Å². The largest absolute Gasteiger partial charge is 0.496 e. The van der Waals surface area contributed by atoms with Crippen LogP contribution in [0.5, 0.6) is 11.5 Å². The highest BCUT2D eigenvalue weighted by molar-refractivity contribution is 6.02. The van der Waals surface area contributed by atoms with E-state index in [2.05, 4.69) is 10.6 Å². The second-order valence-corrected chi connectivity index (χ2v) is 9.55. The quantitative estimate of drug-likeness (QED) is 0.239. The Kier molecular flexibility index (Phi) is 10.1. The van der Waals surface area contributed by atoms with Gasteiger partial charge in [-0.3, -0.25) is 19.2 Å². The van der Waals surface area contributed by atoms with Crippen molar-refractivity contribution >= 4 is 34.6 Å². The number of carboxylic acids is 1. The van der Waals surface area contributed by atoms with E-state index in [-0.39, 0.29) is 5.69 Å². The lowest BCUT2D eigenvalue weighted by Crippen LogP contribution is -2.49. The Balaban J connectivity index is 1.95. The molecule has 0 saturated heterocycles. The van der Waals surface area contributed by atoms with E-state index in [1.54, 1.807) is 30.3 Å². The molecule has 0 bridgehead atoms. The zero-order valence-electron chi connectivity index (χ0n) is 23.2. The van der Waals surface area contributed by atoms with Crippen LogP contribution in [-0.4, -0.2) is 53.6 Å². The zero-order valence-corrected chi connectivity index (χ0v) is 23.2. The number of hydrogen-bond acceptors (Lipinski definition) is 6. The first-order valence-corrected chi connectivity index (χ1v) is 13.0. The van der Waals surface area contributed by atoms with Gasteiger partial charge in [0.05, 0.1) is 32.2 Å². The molecule has 11 nitrogen and oxygen atoms in total. The fourth-order valence-electron chi connectivity index (χ4n) is 4.73. The number of aliphatic carboxylic acids is 1. The summed E-state index contributed by atoms with van der Waals surface area (Å²) in [6, 6.07) is 10.3. The number of benzene rings is 2. The van der Waals surface area contributed by atoms with E-state index in [1.165, 1.54) is 18.8 Å². The molecule has 0 saturated carbocycles. The number of amides is 3. The topological polar surface area (TPSA) is 162 Å². The monoisotopic (exact) mass is 552 g/mol. The average molecular weight is 553 g/mol. The SMILES string of the molecule is CCCCC(NC(=O)C(CC(N)=O)NC(=O)c1cc2ccccc2n1CC(=O)O)c1c(OC)cc(C)cc1OC. The van der Waals surface area contributed by atoms with Crippen LogP contribution in [0.4, 0.5) is 0 Å². The van der Waals surface area contributed by atoms with Gasteiger partial charge in [-0.25, -0.2) is 0 Å². The second-order valence-electron chi connectivity index (χ2n) is 9.55. The zero-order chi connectivity index (χ0) is 29.4. The lowest BCUT2D eigenvalue weighted by atomic mass is 9.96. The third kappa shape index (κ3) is 7.10. The number of aromatic nitrogens is 1. The summed E-state index contributed by atoms with van der Waals surface area (Å²) in [4.78, 5) is 50.4. The number of carbonyl (C=O) groups is 4. The minimum absolute atomic E-state index is 0.0373. The van der Waals surface area contributed by atoms with Gasteiger partial charge in [-0.05, 0) is 43.2 Å². The van der Waals surface area contributed by atoms with Crippen molar-refractivity contribution in [1.82, 2.24) is 15.2 Å². The summed E-state index contributed by atoms with van der Waals surface area (Å²) >= 11 is 0. The van der Waals surface area contributed by atoms with Gasteiger partial charge in [0.1, 0.15) is 29.8 Å². The van der Waals surface area contributed by atoms with E-state index in [1.807, 2.05) is 26.0 Å². The third-order valence-corrected chi connectivity index (χ3v) is 6.56. The van der Waals surface area contributed by atoms with Crippen molar-refractivity contribution in [2.45, 2.75) is 58.2 Å². The molecule has 2 aromatic carbocycles. The molecule has 3 rings (SSSR count). The molecular formula is C29H36N4O7. The molecule has 11 heteroatoms. The summed E-state index contributed by atoms with van der Waals surface area (Å²) in [6.45, 7) is 3.46. The summed E-state index contributed by atoms with van der Waals surface area (Å²) in [7, 11) is 3.06. The Morgan fingerprint density at radius 1 is 1.02 bits per heavy atom. The molecule has 5 N–H and O–H groups in total. The summed E-state index contributed by atoms with van der Waals surface area (Å²) in [6.07, 6.45) is 1.72. The van der Waals surface area contributed by atoms with E-state index in [0.29, 0.717) is 34.4 Å². The minimum atomic E-state index is -1.31. The van der Waals surface area contributed by atoms with Crippen LogP contribution in [-0.2, 0) is 20.9 Å². The molecular weight excluding hydrogens is 516 g/mol. The van der Waals surface area contributed by atoms with E-state index in [4.69, 9.17) is 15.2 Å². The molecule has 1 aromatic heterocycles. The van der Waals surface area contributed by atoms with Crippen molar-refractivity contribution in [2.24, 2.45) is 5.73 Å². The van der Waals surface area contributed by atoms with Gasteiger partial charge in [0.25, 0.3) is 5.91 Å². The predicted molar refractivity (Wildman–Crippen MR) is 149 cm³/mol. The number of hydrogen-bond donors (Lipinski definition) is 4. The predicted octanol–water partition coefficient (Wildman–Crippen LogP) is 3.07. The fraction of sp³-hybridized carbons (Fsp3) is 0.379. The van der Waals surface area contributed by atoms with Crippen molar-refractivity contribution in [1.29, 1.82) is 0 Å². The van der Waals surface area contributed by atoms with Gasteiger partial charge in [-0.15, -0.1) is 0 Å². The summed E-state index contributed by atoms with van der Waals surface area (Å²) in [5, 5.41) is 15.6. The molecule has 1 heterocycles. The highest BCUT2D eigenvalue weighted by Gasteiger charge is 2.30. The molecule has 0 aliphatic carbocycles. The number of rotatable bonds is 14. The van der Waals surface area contributed by atoms with E-state index >= 15 is 0 Å². The first-order valence-electron chi connectivity index (χ1n) is 13.0. The molecule has 2 atom stereocenters. The summed E-state index contributed by atoms with van der Waals surface area (Å²) in [5.74, 6) is -2.20. The lowest BCUT2D eigenvalue weighted by molar-refractivity contribution is -0.137. The van der Waals surface area contributed by atoms with Crippen molar-refractivity contribution in [3.8, 4) is 11.5 Å². The molecule has 0 fully saturated rings. The van der Waals surface area contributed by atoms with Gasteiger partial charge in [-0.2, -0.15) is 0 Å². The number of fused-ring (bicyclic) bond motifs is 1. The maximum absolute atomic E-state index is 13.6. The van der Waals surface area contributed by atoms with Crippen LogP contribution in [0.3, 0.4) is 0 Å². The Bertz CT molecular complexity index is 1370. The smallest absolute Gasteiger partial charge is 0.323 e. The molecule has 214 valence electrons.